The summed E-state index contributed by atoms with van der Waals surface area (Å²) in [7, 11) is 0. The molecule has 0 radical (unpaired) electrons. The van der Waals surface area contributed by atoms with E-state index in [1.165, 1.54) is 62.6 Å². The highest BCUT2D eigenvalue weighted by Crippen LogP contribution is 2.56. The number of fused-ring (bicyclic) bond motifs is 3. The summed E-state index contributed by atoms with van der Waals surface area (Å²) >= 11 is 0. The maximum atomic E-state index is 6.09. The van der Waals surface area contributed by atoms with Crippen LogP contribution in [0, 0.1) is 5.41 Å². The van der Waals surface area contributed by atoms with Crippen LogP contribution in [0.1, 0.15) is 68.1 Å². The third-order valence-corrected chi connectivity index (χ3v) is 7.46. The van der Waals surface area contributed by atoms with Gasteiger partial charge in [-0.15, -0.1) is 0 Å². The van der Waals surface area contributed by atoms with Crippen LogP contribution in [0.2, 0.25) is 0 Å². The van der Waals surface area contributed by atoms with Gasteiger partial charge in [0.05, 0.1) is 0 Å². The smallest absolute Gasteiger partial charge is 0.120 e. The Morgan fingerprint density at radius 3 is 2.85 bits per heavy atom. The number of aryl methyl sites for hydroxylation is 1. The summed E-state index contributed by atoms with van der Waals surface area (Å²) in [5.41, 5.74) is 5.22. The Labute approximate surface area is 163 Å². The summed E-state index contributed by atoms with van der Waals surface area (Å²) in [4.78, 5) is 0. The van der Waals surface area contributed by atoms with E-state index in [4.69, 9.17) is 4.74 Å². The zero-order valence-electron chi connectivity index (χ0n) is 16.5. The molecule has 1 spiro atoms. The van der Waals surface area contributed by atoms with Crippen molar-refractivity contribution >= 4 is 0 Å². The molecular formula is C25H31NO. The molecule has 2 aliphatic carbocycles. The predicted molar refractivity (Wildman–Crippen MR) is 110 cm³/mol. The lowest BCUT2D eigenvalue weighted by molar-refractivity contribution is 0.0828. The van der Waals surface area contributed by atoms with Crippen molar-refractivity contribution in [1.29, 1.82) is 0 Å². The first-order valence-corrected chi connectivity index (χ1v) is 10.7. The van der Waals surface area contributed by atoms with Gasteiger partial charge < -0.3 is 10.1 Å². The molecule has 3 atom stereocenters. The lowest BCUT2D eigenvalue weighted by atomic mass is 9.56. The Morgan fingerprint density at radius 1 is 1.07 bits per heavy atom. The maximum Gasteiger partial charge on any atom is 0.120 e. The third kappa shape index (κ3) is 3.18. The quantitative estimate of drug-likeness (QED) is 0.767. The lowest BCUT2D eigenvalue weighted by Crippen LogP contribution is -2.56. The number of ether oxygens (including phenoxy) is 1. The topological polar surface area (TPSA) is 21.3 Å². The molecule has 142 valence electrons. The highest BCUT2D eigenvalue weighted by molar-refractivity contribution is 5.43. The second-order valence-electron chi connectivity index (χ2n) is 9.40. The van der Waals surface area contributed by atoms with Crippen LogP contribution in [0.3, 0.4) is 0 Å². The average molecular weight is 362 g/mol. The van der Waals surface area contributed by atoms with Gasteiger partial charge in [-0.1, -0.05) is 43.3 Å². The zero-order chi connectivity index (χ0) is 18.3. The van der Waals surface area contributed by atoms with Gasteiger partial charge in [0.15, 0.2) is 0 Å². The predicted octanol–water partition coefficient (Wildman–Crippen LogP) is 5.61. The number of nitrogens with one attached hydrogen (secondary N) is 1. The van der Waals surface area contributed by atoms with E-state index in [0.29, 0.717) is 23.5 Å². The molecule has 2 aromatic carbocycles. The Balaban J connectivity index is 1.38. The molecule has 2 bridgehead atoms. The van der Waals surface area contributed by atoms with E-state index in [2.05, 4.69) is 60.8 Å². The van der Waals surface area contributed by atoms with E-state index >= 15 is 0 Å². The van der Waals surface area contributed by atoms with Gasteiger partial charge in [-0.2, -0.15) is 0 Å². The van der Waals surface area contributed by atoms with Crippen molar-refractivity contribution in [3.05, 3.63) is 65.2 Å². The first kappa shape index (κ1) is 17.3. The molecule has 2 heteroatoms. The minimum absolute atomic E-state index is 0.336. The van der Waals surface area contributed by atoms with Crippen molar-refractivity contribution in [2.45, 2.75) is 69.9 Å². The molecule has 1 saturated carbocycles. The molecule has 1 saturated heterocycles. The minimum Gasteiger partial charge on any atom is -0.489 e. The molecule has 5 rings (SSSR count). The number of benzene rings is 2. The molecule has 27 heavy (non-hydrogen) atoms. The highest BCUT2D eigenvalue weighted by Gasteiger charge is 2.51. The Hall–Kier alpha value is -1.80. The monoisotopic (exact) mass is 361 g/mol. The van der Waals surface area contributed by atoms with Crippen molar-refractivity contribution in [3.8, 4) is 5.75 Å². The standard InChI is InChI=1S/C25H31NO/c1-24-12-5-15-26-25(18-24)14-10-20-16-21(8-9-22(20)23(25)11-13-24)27-17-19-6-3-2-4-7-19/h2-4,6-9,16,23,26H,5,10-15,17-18H2,1H3. The molecule has 1 N–H and O–H groups in total. The van der Waals surface area contributed by atoms with Crippen molar-refractivity contribution in [3.63, 3.8) is 0 Å². The van der Waals surface area contributed by atoms with E-state index in [1.54, 1.807) is 5.56 Å². The summed E-state index contributed by atoms with van der Waals surface area (Å²) in [6, 6.07) is 17.3. The van der Waals surface area contributed by atoms with Gasteiger partial charge in [0.2, 0.25) is 0 Å². The van der Waals surface area contributed by atoms with Gasteiger partial charge in [-0.25, -0.2) is 0 Å². The van der Waals surface area contributed by atoms with Crippen LogP contribution in [0.4, 0.5) is 0 Å². The summed E-state index contributed by atoms with van der Waals surface area (Å²) in [6.07, 6.45) is 9.27. The maximum absolute atomic E-state index is 6.09. The van der Waals surface area contributed by atoms with Crippen LogP contribution >= 0.6 is 0 Å². The van der Waals surface area contributed by atoms with Gasteiger partial charge in [-0.05, 0) is 85.7 Å². The molecule has 1 heterocycles. The molecule has 2 fully saturated rings. The molecule has 3 unspecified atom stereocenters. The van der Waals surface area contributed by atoms with Crippen LogP contribution < -0.4 is 10.1 Å². The Morgan fingerprint density at radius 2 is 1.96 bits per heavy atom. The van der Waals surface area contributed by atoms with Crippen LogP contribution in [-0.4, -0.2) is 12.1 Å². The van der Waals surface area contributed by atoms with Crippen molar-refractivity contribution in [2.24, 2.45) is 5.41 Å². The second kappa shape index (κ2) is 6.67. The fraction of sp³-hybridized carbons (Fsp3) is 0.520. The molecule has 0 aromatic heterocycles. The van der Waals surface area contributed by atoms with Gasteiger partial charge >= 0.3 is 0 Å². The first-order chi connectivity index (χ1) is 13.2. The number of rotatable bonds is 3. The molecule has 1 aliphatic heterocycles. The summed E-state index contributed by atoms with van der Waals surface area (Å²) in [5, 5.41) is 4.02. The molecular weight excluding hydrogens is 330 g/mol. The fourth-order valence-electron chi connectivity index (χ4n) is 6.12. The molecule has 2 aromatic rings. The van der Waals surface area contributed by atoms with Gasteiger partial charge in [0, 0.05) is 11.5 Å². The summed E-state index contributed by atoms with van der Waals surface area (Å²) < 4.78 is 6.09. The van der Waals surface area contributed by atoms with Crippen molar-refractivity contribution in [2.75, 3.05) is 6.54 Å². The normalized spacial score (nSPS) is 32.1. The van der Waals surface area contributed by atoms with E-state index in [1.807, 2.05) is 0 Å². The Kier molecular flexibility index (Phi) is 4.27. The largest absolute Gasteiger partial charge is 0.489 e. The molecule has 2 nitrogen and oxygen atoms in total. The number of hydrogen-bond donors (Lipinski definition) is 1. The molecule has 3 aliphatic rings. The van der Waals surface area contributed by atoms with Crippen LogP contribution in [0.5, 0.6) is 5.75 Å². The highest BCUT2D eigenvalue weighted by atomic mass is 16.5. The van der Waals surface area contributed by atoms with Gasteiger partial charge in [-0.3, -0.25) is 0 Å². The van der Waals surface area contributed by atoms with Crippen molar-refractivity contribution < 1.29 is 4.74 Å². The van der Waals surface area contributed by atoms with Crippen LogP contribution in [0.25, 0.3) is 0 Å². The van der Waals surface area contributed by atoms with E-state index < -0.39 is 0 Å². The summed E-state index contributed by atoms with van der Waals surface area (Å²) in [5.74, 6) is 1.69. The summed E-state index contributed by atoms with van der Waals surface area (Å²) in [6.45, 7) is 4.38. The van der Waals surface area contributed by atoms with Gasteiger partial charge in [0.1, 0.15) is 12.4 Å². The van der Waals surface area contributed by atoms with E-state index in [-0.39, 0.29) is 0 Å². The Bertz CT molecular complexity index is 816. The van der Waals surface area contributed by atoms with Crippen LogP contribution in [-0.2, 0) is 13.0 Å². The second-order valence-corrected chi connectivity index (χ2v) is 9.40. The fourth-order valence-corrected chi connectivity index (χ4v) is 6.12. The molecule has 0 amide bonds. The van der Waals surface area contributed by atoms with E-state index in [0.717, 1.165) is 5.75 Å². The zero-order valence-corrected chi connectivity index (χ0v) is 16.5. The minimum atomic E-state index is 0.336. The number of hydrogen-bond acceptors (Lipinski definition) is 2. The van der Waals surface area contributed by atoms with Crippen LogP contribution in [0.15, 0.2) is 48.5 Å². The van der Waals surface area contributed by atoms with E-state index in [9.17, 15) is 0 Å². The third-order valence-electron chi connectivity index (χ3n) is 7.46. The lowest BCUT2D eigenvalue weighted by Gasteiger charge is -2.53. The van der Waals surface area contributed by atoms with Gasteiger partial charge in [0.25, 0.3) is 0 Å². The average Bonchev–Trinajstić information content (AvgIpc) is 2.82. The van der Waals surface area contributed by atoms with Crippen molar-refractivity contribution in [1.82, 2.24) is 5.32 Å². The SMILES string of the molecule is CC12CCCNC3(CCc4cc(OCc5ccccc5)ccc4C3CC1)C2. The first-order valence-electron chi connectivity index (χ1n) is 10.7.